The number of rotatable bonds is 3. The van der Waals surface area contributed by atoms with Gasteiger partial charge in [-0.05, 0) is 11.6 Å². The molecule has 0 aliphatic heterocycles. The molecule has 1 aromatic carbocycles. The van der Waals surface area contributed by atoms with Gasteiger partial charge in [-0.25, -0.2) is 0 Å². The van der Waals surface area contributed by atoms with E-state index in [0.717, 1.165) is 12.2 Å². The molecule has 14 heavy (non-hydrogen) atoms. The number of H-pyrrole nitrogens is 1. The molecule has 72 valence electrons. The zero-order valence-corrected chi connectivity index (χ0v) is 9.08. The van der Waals surface area contributed by atoms with E-state index in [1.165, 1.54) is 11.1 Å². The Morgan fingerprint density at radius 3 is 2.86 bits per heavy atom. The number of benzene rings is 1. The van der Waals surface area contributed by atoms with E-state index in [9.17, 15) is 0 Å². The van der Waals surface area contributed by atoms with Gasteiger partial charge in [0.15, 0.2) is 0 Å². The molecule has 2 aromatic rings. The highest BCUT2D eigenvalue weighted by Crippen LogP contribution is 2.20. The van der Waals surface area contributed by atoms with Gasteiger partial charge in [0.05, 0.1) is 5.69 Å². The third kappa shape index (κ3) is 1.86. The third-order valence-electron chi connectivity index (χ3n) is 2.07. The molecule has 1 heterocycles. The van der Waals surface area contributed by atoms with E-state index in [4.69, 9.17) is 0 Å². The maximum Gasteiger partial charge on any atom is 0.0653 e. The van der Waals surface area contributed by atoms with Crippen molar-refractivity contribution in [3.8, 4) is 11.3 Å². The maximum atomic E-state index is 3.94. The van der Waals surface area contributed by atoms with Crippen molar-refractivity contribution >= 4 is 16.1 Å². The Bertz CT molecular complexity index is 398. The average Bonchev–Trinajstić information content (AvgIpc) is 2.72. The van der Waals surface area contributed by atoms with Gasteiger partial charge in [-0.2, -0.15) is 5.10 Å². The zero-order valence-electron chi connectivity index (χ0n) is 7.50. The van der Waals surface area contributed by atoms with Crippen LogP contribution < -0.4 is 4.34 Å². The van der Waals surface area contributed by atoms with Crippen LogP contribution in [-0.4, -0.2) is 10.2 Å². The van der Waals surface area contributed by atoms with Crippen molar-refractivity contribution in [1.82, 2.24) is 14.5 Å². The summed E-state index contributed by atoms with van der Waals surface area (Å²) in [6, 6.07) is 10.2. The van der Waals surface area contributed by atoms with Gasteiger partial charge in [-0.1, -0.05) is 24.3 Å². The lowest BCUT2D eigenvalue weighted by molar-refractivity contribution is 0.992. The first kappa shape index (κ1) is 9.43. The molecule has 0 atom stereocenters. The summed E-state index contributed by atoms with van der Waals surface area (Å²) in [4.78, 5) is 0. The fourth-order valence-electron chi connectivity index (χ4n) is 1.42. The number of halogens is 1. The van der Waals surface area contributed by atoms with Gasteiger partial charge in [0.1, 0.15) is 0 Å². The van der Waals surface area contributed by atoms with Crippen LogP contribution in [0.1, 0.15) is 5.56 Å². The number of nitrogens with one attached hydrogen (secondary N) is 2. The van der Waals surface area contributed by atoms with Gasteiger partial charge in [0.25, 0.3) is 0 Å². The van der Waals surface area contributed by atoms with Gasteiger partial charge in [0, 0.05) is 34.5 Å². The summed E-state index contributed by atoms with van der Waals surface area (Å²) in [5.74, 6) is 0. The molecule has 0 amide bonds. The van der Waals surface area contributed by atoms with Crippen molar-refractivity contribution in [3.63, 3.8) is 0 Å². The Morgan fingerprint density at radius 1 is 1.29 bits per heavy atom. The van der Waals surface area contributed by atoms with Crippen molar-refractivity contribution in [1.29, 1.82) is 0 Å². The summed E-state index contributed by atoms with van der Waals surface area (Å²) in [5, 5.41) is 6.90. The second-order valence-electron chi connectivity index (χ2n) is 2.94. The standard InChI is InChI=1S/C10H10BrN3/c11-12-7-8-3-1-2-4-9(8)10-5-6-13-14-10/h1-6,12H,7H2,(H,13,14). The van der Waals surface area contributed by atoms with Crippen molar-refractivity contribution in [2.75, 3.05) is 0 Å². The van der Waals surface area contributed by atoms with E-state index in [-0.39, 0.29) is 0 Å². The highest BCUT2D eigenvalue weighted by molar-refractivity contribution is 9.08. The van der Waals surface area contributed by atoms with E-state index >= 15 is 0 Å². The molecule has 2 rings (SSSR count). The zero-order chi connectivity index (χ0) is 9.80. The van der Waals surface area contributed by atoms with E-state index in [2.05, 4.69) is 42.8 Å². The van der Waals surface area contributed by atoms with Crippen LogP contribution in [0.25, 0.3) is 11.3 Å². The lowest BCUT2D eigenvalue weighted by Crippen LogP contribution is -1.99. The van der Waals surface area contributed by atoms with E-state index in [1.54, 1.807) is 6.20 Å². The molecule has 0 unspecified atom stereocenters. The van der Waals surface area contributed by atoms with Crippen LogP contribution in [0.4, 0.5) is 0 Å². The highest BCUT2D eigenvalue weighted by Gasteiger charge is 2.03. The molecule has 1 aromatic heterocycles. The fraction of sp³-hybridized carbons (Fsp3) is 0.100. The average molecular weight is 252 g/mol. The molecule has 0 radical (unpaired) electrons. The maximum absolute atomic E-state index is 3.94. The summed E-state index contributed by atoms with van der Waals surface area (Å²) < 4.78 is 2.96. The van der Waals surface area contributed by atoms with Crippen molar-refractivity contribution in [2.24, 2.45) is 0 Å². The second-order valence-corrected chi connectivity index (χ2v) is 3.50. The Kier molecular flexibility index (Phi) is 2.96. The molecule has 0 aliphatic rings. The smallest absolute Gasteiger partial charge is 0.0653 e. The van der Waals surface area contributed by atoms with Gasteiger partial charge in [-0.15, -0.1) is 0 Å². The van der Waals surface area contributed by atoms with Gasteiger partial charge < -0.3 is 0 Å². The minimum Gasteiger partial charge on any atom is -0.278 e. The number of nitrogens with zero attached hydrogens (tertiary/aromatic N) is 1. The summed E-state index contributed by atoms with van der Waals surface area (Å²) >= 11 is 3.21. The van der Waals surface area contributed by atoms with E-state index in [0.29, 0.717) is 0 Å². The minimum absolute atomic E-state index is 0.787. The molecule has 2 N–H and O–H groups in total. The molecule has 4 heteroatoms. The van der Waals surface area contributed by atoms with Crippen LogP contribution in [0.3, 0.4) is 0 Å². The number of hydrogen-bond acceptors (Lipinski definition) is 2. The Balaban J connectivity index is 2.42. The van der Waals surface area contributed by atoms with Gasteiger partial charge in [-0.3, -0.25) is 9.44 Å². The first-order valence-corrected chi connectivity index (χ1v) is 5.12. The lowest BCUT2D eigenvalue weighted by Gasteiger charge is -2.05. The van der Waals surface area contributed by atoms with E-state index in [1.807, 2.05) is 18.2 Å². The van der Waals surface area contributed by atoms with E-state index < -0.39 is 0 Å². The predicted octanol–water partition coefficient (Wildman–Crippen LogP) is 2.48. The van der Waals surface area contributed by atoms with Gasteiger partial charge >= 0.3 is 0 Å². The topological polar surface area (TPSA) is 40.7 Å². The summed E-state index contributed by atoms with van der Waals surface area (Å²) in [6.45, 7) is 0.787. The molecule has 0 saturated heterocycles. The number of hydrogen-bond donors (Lipinski definition) is 2. The molecule has 0 aliphatic carbocycles. The number of aromatic amines is 1. The largest absolute Gasteiger partial charge is 0.278 e. The third-order valence-corrected chi connectivity index (χ3v) is 2.35. The van der Waals surface area contributed by atoms with Crippen molar-refractivity contribution in [2.45, 2.75) is 6.54 Å². The Labute approximate surface area is 90.9 Å². The van der Waals surface area contributed by atoms with Crippen molar-refractivity contribution < 1.29 is 0 Å². The van der Waals surface area contributed by atoms with Gasteiger partial charge in [0.2, 0.25) is 0 Å². The quantitative estimate of drug-likeness (QED) is 0.824. The molecular formula is C10H10BrN3. The SMILES string of the molecule is BrNCc1ccccc1-c1ccn[nH]1. The molecule has 0 fully saturated rings. The second kappa shape index (κ2) is 4.39. The number of aromatic nitrogens is 2. The van der Waals surface area contributed by atoms with Crippen LogP contribution in [0.2, 0.25) is 0 Å². The molecule has 3 nitrogen and oxygen atoms in total. The molecule has 0 bridgehead atoms. The Hall–Kier alpha value is -1.13. The van der Waals surface area contributed by atoms with Crippen LogP contribution in [0.5, 0.6) is 0 Å². The summed E-state index contributed by atoms with van der Waals surface area (Å²) in [7, 11) is 0. The van der Waals surface area contributed by atoms with Crippen LogP contribution in [0.15, 0.2) is 36.5 Å². The minimum atomic E-state index is 0.787. The predicted molar refractivity (Wildman–Crippen MR) is 59.8 cm³/mol. The molecule has 0 saturated carbocycles. The molecular weight excluding hydrogens is 242 g/mol. The first-order chi connectivity index (χ1) is 6.92. The van der Waals surface area contributed by atoms with Crippen LogP contribution >= 0.6 is 16.1 Å². The van der Waals surface area contributed by atoms with Crippen molar-refractivity contribution in [3.05, 3.63) is 42.1 Å². The monoisotopic (exact) mass is 251 g/mol. The first-order valence-electron chi connectivity index (χ1n) is 4.33. The van der Waals surface area contributed by atoms with Crippen LogP contribution in [-0.2, 0) is 6.54 Å². The Morgan fingerprint density at radius 2 is 2.14 bits per heavy atom. The fourth-order valence-corrected chi connectivity index (χ4v) is 1.72. The molecule has 0 spiro atoms. The summed E-state index contributed by atoms with van der Waals surface area (Å²) in [6.07, 6.45) is 1.76. The summed E-state index contributed by atoms with van der Waals surface area (Å²) in [5.41, 5.74) is 3.45. The van der Waals surface area contributed by atoms with Crippen LogP contribution in [0, 0.1) is 0 Å². The lowest BCUT2D eigenvalue weighted by atomic mass is 10.1. The normalized spacial score (nSPS) is 10.4. The highest BCUT2D eigenvalue weighted by atomic mass is 79.9.